The van der Waals surface area contributed by atoms with Crippen molar-refractivity contribution < 1.29 is 9.53 Å². The normalized spacial score (nSPS) is 32.9. The van der Waals surface area contributed by atoms with Crippen LogP contribution in [0.4, 0.5) is 0 Å². The van der Waals surface area contributed by atoms with E-state index in [9.17, 15) is 4.79 Å². The molecule has 0 spiro atoms. The number of rotatable bonds is 3. The van der Waals surface area contributed by atoms with Crippen molar-refractivity contribution in [3.8, 4) is 0 Å². The Morgan fingerprint density at radius 2 is 2.12 bits per heavy atom. The Morgan fingerprint density at radius 3 is 2.71 bits per heavy atom. The molecule has 0 bridgehead atoms. The minimum absolute atomic E-state index is 0. The first-order chi connectivity index (χ1) is 7.79. The van der Waals surface area contributed by atoms with Crippen molar-refractivity contribution in [1.82, 2.24) is 10.6 Å². The third kappa shape index (κ3) is 4.12. The number of carbonyl (C=O) groups excluding carboxylic acids is 1. The second-order valence-corrected chi connectivity index (χ2v) is 4.88. The SMILES string of the molecule is COC1CCC(NC(=O)[C@H]2CCCCN2)C1.Cl. The van der Waals surface area contributed by atoms with Crippen LogP contribution in [0, 0.1) is 0 Å². The fourth-order valence-electron chi connectivity index (χ4n) is 2.66. The second-order valence-electron chi connectivity index (χ2n) is 4.88. The predicted octanol–water partition coefficient (Wildman–Crippen LogP) is 1.23. The first-order valence-corrected chi connectivity index (χ1v) is 6.36. The molecule has 1 saturated carbocycles. The molecule has 5 heteroatoms. The molecule has 0 radical (unpaired) electrons. The number of methoxy groups -OCH3 is 1. The smallest absolute Gasteiger partial charge is 0.237 e. The molecular formula is C12H23ClN2O2. The lowest BCUT2D eigenvalue weighted by Gasteiger charge is -2.24. The van der Waals surface area contributed by atoms with Crippen LogP contribution in [0.2, 0.25) is 0 Å². The number of amides is 1. The van der Waals surface area contributed by atoms with Crippen LogP contribution in [-0.4, -0.2) is 37.7 Å². The molecule has 2 N–H and O–H groups in total. The summed E-state index contributed by atoms with van der Waals surface area (Å²) >= 11 is 0. The van der Waals surface area contributed by atoms with Crippen molar-refractivity contribution in [3.05, 3.63) is 0 Å². The van der Waals surface area contributed by atoms with E-state index < -0.39 is 0 Å². The third-order valence-corrected chi connectivity index (χ3v) is 3.69. The van der Waals surface area contributed by atoms with Gasteiger partial charge in [0.1, 0.15) is 0 Å². The van der Waals surface area contributed by atoms with Gasteiger partial charge in [-0.2, -0.15) is 0 Å². The first kappa shape index (κ1) is 14.7. The van der Waals surface area contributed by atoms with E-state index in [1.807, 2.05) is 0 Å². The van der Waals surface area contributed by atoms with E-state index in [0.717, 1.165) is 38.6 Å². The lowest BCUT2D eigenvalue weighted by atomic mass is 10.0. The fraction of sp³-hybridized carbons (Fsp3) is 0.917. The Labute approximate surface area is 109 Å². The van der Waals surface area contributed by atoms with Crippen molar-refractivity contribution in [2.45, 2.75) is 56.7 Å². The molecule has 1 heterocycles. The Morgan fingerprint density at radius 1 is 1.29 bits per heavy atom. The summed E-state index contributed by atoms with van der Waals surface area (Å²) in [4.78, 5) is 11.9. The first-order valence-electron chi connectivity index (χ1n) is 6.36. The summed E-state index contributed by atoms with van der Waals surface area (Å²) < 4.78 is 5.30. The van der Waals surface area contributed by atoms with E-state index in [-0.39, 0.29) is 24.4 Å². The molecular weight excluding hydrogens is 240 g/mol. The molecule has 0 aromatic heterocycles. The summed E-state index contributed by atoms with van der Waals surface area (Å²) in [7, 11) is 1.75. The average Bonchev–Trinajstić information content (AvgIpc) is 2.78. The predicted molar refractivity (Wildman–Crippen MR) is 69.5 cm³/mol. The number of hydrogen-bond donors (Lipinski definition) is 2. The zero-order chi connectivity index (χ0) is 11.4. The van der Waals surface area contributed by atoms with Crippen LogP contribution in [0.1, 0.15) is 38.5 Å². The van der Waals surface area contributed by atoms with Gasteiger partial charge in [-0.15, -0.1) is 12.4 Å². The van der Waals surface area contributed by atoms with Crippen LogP contribution >= 0.6 is 12.4 Å². The summed E-state index contributed by atoms with van der Waals surface area (Å²) in [5, 5.41) is 6.41. The average molecular weight is 263 g/mol. The van der Waals surface area contributed by atoms with E-state index >= 15 is 0 Å². The number of hydrogen-bond acceptors (Lipinski definition) is 3. The van der Waals surface area contributed by atoms with Crippen molar-refractivity contribution in [2.75, 3.05) is 13.7 Å². The molecule has 1 saturated heterocycles. The van der Waals surface area contributed by atoms with Crippen LogP contribution in [0.3, 0.4) is 0 Å². The van der Waals surface area contributed by atoms with Crippen LogP contribution < -0.4 is 10.6 Å². The Hall–Kier alpha value is -0.320. The molecule has 4 nitrogen and oxygen atoms in total. The topological polar surface area (TPSA) is 50.4 Å². The van der Waals surface area contributed by atoms with Gasteiger partial charge in [-0.1, -0.05) is 6.42 Å². The molecule has 2 unspecified atom stereocenters. The quantitative estimate of drug-likeness (QED) is 0.805. The van der Waals surface area contributed by atoms with Gasteiger partial charge in [0.05, 0.1) is 12.1 Å². The van der Waals surface area contributed by atoms with Gasteiger partial charge in [-0.05, 0) is 38.6 Å². The van der Waals surface area contributed by atoms with Gasteiger partial charge in [-0.25, -0.2) is 0 Å². The van der Waals surface area contributed by atoms with Crippen molar-refractivity contribution >= 4 is 18.3 Å². The highest BCUT2D eigenvalue weighted by molar-refractivity contribution is 5.85. The van der Waals surface area contributed by atoms with Gasteiger partial charge in [0, 0.05) is 13.2 Å². The number of ether oxygens (including phenoxy) is 1. The van der Waals surface area contributed by atoms with Crippen LogP contribution in [0.5, 0.6) is 0 Å². The maximum absolute atomic E-state index is 11.9. The monoisotopic (exact) mass is 262 g/mol. The number of piperidine rings is 1. The summed E-state index contributed by atoms with van der Waals surface area (Å²) in [5.74, 6) is 0.182. The molecule has 2 rings (SSSR count). The molecule has 1 aliphatic heterocycles. The highest BCUT2D eigenvalue weighted by Crippen LogP contribution is 2.21. The Balaban J connectivity index is 0.00000144. The van der Waals surface area contributed by atoms with Crippen LogP contribution in [-0.2, 0) is 9.53 Å². The summed E-state index contributed by atoms with van der Waals surface area (Å²) in [6.45, 7) is 0.976. The Kier molecular flexibility index (Phi) is 6.23. The zero-order valence-corrected chi connectivity index (χ0v) is 11.2. The minimum Gasteiger partial charge on any atom is -0.381 e. The number of nitrogens with one attached hydrogen (secondary N) is 2. The van der Waals surface area contributed by atoms with Crippen LogP contribution in [0.25, 0.3) is 0 Å². The largest absolute Gasteiger partial charge is 0.381 e. The number of halogens is 1. The second kappa shape index (κ2) is 7.19. The maximum Gasteiger partial charge on any atom is 0.237 e. The molecule has 1 amide bonds. The van der Waals surface area contributed by atoms with E-state index in [1.54, 1.807) is 7.11 Å². The van der Waals surface area contributed by atoms with Crippen molar-refractivity contribution in [2.24, 2.45) is 0 Å². The van der Waals surface area contributed by atoms with Crippen molar-refractivity contribution in [3.63, 3.8) is 0 Å². The van der Waals surface area contributed by atoms with E-state index in [1.165, 1.54) is 6.42 Å². The summed E-state index contributed by atoms with van der Waals surface area (Å²) in [6.07, 6.45) is 6.76. The summed E-state index contributed by atoms with van der Waals surface area (Å²) in [5.41, 5.74) is 0. The zero-order valence-electron chi connectivity index (χ0n) is 10.4. The van der Waals surface area contributed by atoms with E-state index in [0.29, 0.717) is 12.1 Å². The lowest BCUT2D eigenvalue weighted by Crippen LogP contribution is -2.49. The molecule has 0 aromatic carbocycles. The third-order valence-electron chi connectivity index (χ3n) is 3.69. The van der Waals surface area contributed by atoms with E-state index in [2.05, 4.69) is 10.6 Å². The van der Waals surface area contributed by atoms with Gasteiger partial charge in [0.25, 0.3) is 0 Å². The molecule has 2 fully saturated rings. The molecule has 0 aromatic rings. The van der Waals surface area contributed by atoms with Gasteiger partial charge >= 0.3 is 0 Å². The van der Waals surface area contributed by atoms with E-state index in [4.69, 9.17) is 4.74 Å². The van der Waals surface area contributed by atoms with Gasteiger partial charge in [-0.3, -0.25) is 4.79 Å². The molecule has 17 heavy (non-hydrogen) atoms. The summed E-state index contributed by atoms with van der Waals surface area (Å²) in [6, 6.07) is 0.358. The molecule has 1 aliphatic carbocycles. The Bertz CT molecular complexity index is 245. The minimum atomic E-state index is 0. The van der Waals surface area contributed by atoms with Crippen LogP contribution in [0.15, 0.2) is 0 Å². The molecule has 2 aliphatic rings. The standard InChI is InChI=1S/C12H22N2O2.ClH/c1-16-10-6-5-9(8-10)14-12(15)11-4-2-3-7-13-11;/h9-11,13H,2-8H2,1H3,(H,14,15);1H/t9?,10?,11-;/m1./s1. The van der Waals surface area contributed by atoms with Gasteiger partial charge in [0.2, 0.25) is 5.91 Å². The van der Waals surface area contributed by atoms with Crippen molar-refractivity contribution in [1.29, 1.82) is 0 Å². The lowest BCUT2D eigenvalue weighted by molar-refractivity contribution is -0.124. The highest BCUT2D eigenvalue weighted by atomic mass is 35.5. The van der Waals surface area contributed by atoms with Gasteiger partial charge < -0.3 is 15.4 Å². The van der Waals surface area contributed by atoms with Gasteiger partial charge in [0.15, 0.2) is 0 Å². The fourth-order valence-corrected chi connectivity index (χ4v) is 2.66. The molecule has 3 atom stereocenters. The highest BCUT2D eigenvalue weighted by Gasteiger charge is 2.28. The number of carbonyl (C=O) groups is 1. The maximum atomic E-state index is 11.9. The molecule has 100 valence electrons.